The van der Waals surface area contributed by atoms with Crippen molar-refractivity contribution in [1.82, 2.24) is 20.3 Å². The van der Waals surface area contributed by atoms with Gasteiger partial charge in [-0.2, -0.15) is 0 Å². The van der Waals surface area contributed by atoms with Gasteiger partial charge >= 0.3 is 0 Å². The number of nitrogens with one attached hydrogen (secondary N) is 1. The molecule has 2 amide bonds. The molecule has 0 aromatic carbocycles. The van der Waals surface area contributed by atoms with Gasteiger partial charge in [0.25, 0.3) is 5.91 Å². The number of carbonyl (C=O) groups excluding carboxylic acids is 2. The minimum atomic E-state index is -0.0189. The summed E-state index contributed by atoms with van der Waals surface area (Å²) >= 11 is 0. The van der Waals surface area contributed by atoms with Crippen LogP contribution in [-0.4, -0.2) is 67.0 Å². The molecule has 2 aliphatic rings. The molecule has 27 heavy (non-hydrogen) atoms. The first-order valence-electron chi connectivity index (χ1n) is 9.93. The highest BCUT2D eigenvalue weighted by atomic mass is 16.5. The third-order valence-corrected chi connectivity index (χ3v) is 5.43. The van der Waals surface area contributed by atoms with Crippen LogP contribution in [0.15, 0.2) is 10.8 Å². The number of nitrogens with zero attached hydrogens (tertiary/aromatic N) is 3. The largest absolute Gasteiger partial charge is 0.364 e. The molecule has 1 aromatic heterocycles. The fourth-order valence-corrected chi connectivity index (χ4v) is 3.95. The summed E-state index contributed by atoms with van der Waals surface area (Å²) in [5.74, 6) is 0.466. The Balaban J connectivity index is 1.47. The van der Waals surface area contributed by atoms with E-state index in [9.17, 15) is 9.59 Å². The monoisotopic (exact) mass is 376 g/mol. The number of hydrogen-bond acceptors (Lipinski definition) is 5. The molecule has 1 saturated heterocycles. The van der Waals surface area contributed by atoms with E-state index in [1.807, 2.05) is 19.0 Å². The second kappa shape index (κ2) is 8.00. The molecule has 3 rings (SSSR count). The van der Waals surface area contributed by atoms with E-state index in [2.05, 4.69) is 29.2 Å². The molecule has 0 unspecified atom stereocenters. The Kier molecular flexibility index (Phi) is 5.89. The van der Waals surface area contributed by atoms with E-state index in [-0.39, 0.29) is 23.1 Å². The second-order valence-corrected chi connectivity index (χ2v) is 9.07. The van der Waals surface area contributed by atoms with Gasteiger partial charge in [0.1, 0.15) is 11.8 Å². The van der Waals surface area contributed by atoms with Crippen LogP contribution in [0, 0.1) is 11.3 Å². The highest BCUT2D eigenvalue weighted by Crippen LogP contribution is 2.41. The lowest BCUT2D eigenvalue weighted by Crippen LogP contribution is -2.46. The van der Waals surface area contributed by atoms with E-state index in [4.69, 9.17) is 4.52 Å². The Hall–Kier alpha value is -1.89. The maximum atomic E-state index is 12.8. The molecule has 0 atom stereocenters. The van der Waals surface area contributed by atoms with Crippen molar-refractivity contribution >= 4 is 11.8 Å². The van der Waals surface area contributed by atoms with Gasteiger partial charge in [-0.3, -0.25) is 9.59 Å². The van der Waals surface area contributed by atoms with E-state index in [1.165, 1.54) is 6.26 Å². The average Bonchev–Trinajstić information content (AvgIpc) is 3.35. The Labute approximate surface area is 161 Å². The summed E-state index contributed by atoms with van der Waals surface area (Å²) in [5, 5.41) is 7.12. The molecule has 2 fully saturated rings. The van der Waals surface area contributed by atoms with Gasteiger partial charge in [0, 0.05) is 38.0 Å². The van der Waals surface area contributed by atoms with Gasteiger partial charge in [-0.05, 0) is 45.2 Å². The predicted octanol–water partition coefficient (Wildman–Crippen LogP) is 2.11. The SMILES string of the molecule is CN(C)CC(C)(C)CNC(=O)C1CCN(C(=O)c2conc2C2CC2)CC1. The van der Waals surface area contributed by atoms with Gasteiger partial charge in [0.15, 0.2) is 0 Å². The number of aromatic nitrogens is 1. The summed E-state index contributed by atoms with van der Waals surface area (Å²) in [4.78, 5) is 29.3. The third kappa shape index (κ3) is 5.09. The molecule has 1 saturated carbocycles. The fourth-order valence-electron chi connectivity index (χ4n) is 3.95. The fraction of sp³-hybridized carbons (Fsp3) is 0.750. The van der Waals surface area contributed by atoms with Crippen LogP contribution in [0.25, 0.3) is 0 Å². The number of amides is 2. The molecule has 2 heterocycles. The van der Waals surface area contributed by atoms with Crippen molar-refractivity contribution in [2.24, 2.45) is 11.3 Å². The first-order chi connectivity index (χ1) is 12.8. The van der Waals surface area contributed by atoms with Crippen molar-refractivity contribution in [2.75, 3.05) is 40.3 Å². The Morgan fingerprint density at radius 2 is 1.93 bits per heavy atom. The first-order valence-corrected chi connectivity index (χ1v) is 9.93. The maximum Gasteiger partial charge on any atom is 0.259 e. The van der Waals surface area contributed by atoms with Crippen LogP contribution in [0.5, 0.6) is 0 Å². The van der Waals surface area contributed by atoms with Gasteiger partial charge < -0.3 is 19.6 Å². The van der Waals surface area contributed by atoms with Crippen LogP contribution in [0.3, 0.4) is 0 Å². The zero-order chi connectivity index (χ0) is 19.6. The van der Waals surface area contributed by atoms with Crippen molar-refractivity contribution in [2.45, 2.75) is 45.4 Å². The van der Waals surface area contributed by atoms with Crippen LogP contribution < -0.4 is 5.32 Å². The summed E-state index contributed by atoms with van der Waals surface area (Å²) in [7, 11) is 4.08. The summed E-state index contributed by atoms with van der Waals surface area (Å²) in [6, 6.07) is 0. The lowest BCUT2D eigenvalue weighted by atomic mass is 9.91. The summed E-state index contributed by atoms with van der Waals surface area (Å²) in [5.41, 5.74) is 1.44. The molecular weight excluding hydrogens is 344 g/mol. The van der Waals surface area contributed by atoms with E-state index < -0.39 is 0 Å². The quantitative estimate of drug-likeness (QED) is 0.788. The van der Waals surface area contributed by atoms with Crippen molar-refractivity contribution < 1.29 is 14.1 Å². The van der Waals surface area contributed by atoms with Gasteiger partial charge in [0.05, 0.1) is 5.69 Å². The number of carbonyl (C=O) groups is 2. The molecule has 1 aliphatic carbocycles. The van der Waals surface area contributed by atoms with E-state index in [0.717, 1.165) is 25.1 Å². The van der Waals surface area contributed by atoms with Crippen molar-refractivity contribution in [3.63, 3.8) is 0 Å². The summed E-state index contributed by atoms with van der Waals surface area (Å²) < 4.78 is 5.04. The molecule has 7 nitrogen and oxygen atoms in total. The zero-order valence-electron chi connectivity index (χ0n) is 17.0. The molecule has 1 aromatic rings. The molecule has 0 bridgehead atoms. The predicted molar refractivity (Wildman–Crippen MR) is 102 cm³/mol. The zero-order valence-corrected chi connectivity index (χ0v) is 17.0. The normalized spacial score (nSPS) is 18.8. The Bertz CT molecular complexity index is 671. The molecular formula is C20H32N4O3. The van der Waals surface area contributed by atoms with Crippen LogP contribution in [-0.2, 0) is 4.79 Å². The highest BCUT2D eigenvalue weighted by molar-refractivity contribution is 5.95. The van der Waals surface area contributed by atoms with Crippen LogP contribution in [0.1, 0.15) is 61.5 Å². The molecule has 1 N–H and O–H groups in total. The van der Waals surface area contributed by atoms with E-state index in [0.29, 0.717) is 44.0 Å². The second-order valence-electron chi connectivity index (χ2n) is 9.07. The lowest BCUT2D eigenvalue weighted by Gasteiger charge is -2.33. The molecule has 0 radical (unpaired) electrons. The maximum absolute atomic E-state index is 12.8. The Morgan fingerprint density at radius 3 is 2.52 bits per heavy atom. The molecule has 0 spiro atoms. The van der Waals surface area contributed by atoms with Gasteiger partial charge in [0.2, 0.25) is 5.91 Å². The van der Waals surface area contributed by atoms with E-state index >= 15 is 0 Å². The first kappa shape index (κ1) is 19.9. The number of piperidine rings is 1. The molecule has 7 heteroatoms. The number of rotatable bonds is 7. The number of likely N-dealkylation sites (tertiary alicyclic amines) is 1. The minimum Gasteiger partial charge on any atom is -0.364 e. The van der Waals surface area contributed by atoms with E-state index in [1.54, 1.807) is 0 Å². The lowest BCUT2D eigenvalue weighted by molar-refractivity contribution is -0.126. The van der Waals surface area contributed by atoms with Gasteiger partial charge in [-0.15, -0.1) is 0 Å². The smallest absolute Gasteiger partial charge is 0.259 e. The topological polar surface area (TPSA) is 78.7 Å². The van der Waals surface area contributed by atoms with Crippen LogP contribution in [0.4, 0.5) is 0 Å². The van der Waals surface area contributed by atoms with Crippen molar-refractivity contribution in [1.29, 1.82) is 0 Å². The average molecular weight is 377 g/mol. The summed E-state index contributed by atoms with van der Waals surface area (Å²) in [6.07, 6.45) is 5.05. The molecule has 150 valence electrons. The highest BCUT2D eigenvalue weighted by Gasteiger charge is 2.35. The van der Waals surface area contributed by atoms with Crippen molar-refractivity contribution in [3.05, 3.63) is 17.5 Å². The van der Waals surface area contributed by atoms with Gasteiger partial charge in [-0.1, -0.05) is 19.0 Å². The third-order valence-electron chi connectivity index (χ3n) is 5.43. The molecule has 1 aliphatic heterocycles. The summed E-state index contributed by atoms with van der Waals surface area (Å²) in [6.45, 7) is 7.10. The van der Waals surface area contributed by atoms with Crippen LogP contribution in [0.2, 0.25) is 0 Å². The standard InChI is InChI=1S/C20H32N4O3/c1-20(2,13-23(3)4)12-21-18(25)15-7-9-24(10-8-15)19(26)16-11-27-22-17(16)14-5-6-14/h11,14-15H,5-10,12-13H2,1-4H3,(H,21,25). The van der Waals surface area contributed by atoms with Gasteiger partial charge in [-0.25, -0.2) is 0 Å². The minimum absolute atomic E-state index is 0.0101. The van der Waals surface area contributed by atoms with Crippen molar-refractivity contribution in [3.8, 4) is 0 Å². The Morgan fingerprint density at radius 1 is 1.26 bits per heavy atom. The number of hydrogen-bond donors (Lipinski definition) is 1. The van der Waals surface area contributed by atoms with Crippen LogP contribution >= 0.6 is 0 Å².